The van der Waals surface area contributed by atoms with Crippen molar-refractivity contribution < 1.29 is 9.84 Å². The predicted molar refractivity (Wildman–Crippen MR) is 144 cm³/mol. The molecule has 0 saturated heterocycles. The van der Waals surface area contributed by atoms with Gasteiger partial charge < -0.3 is 9.84 Å². The molecular formula is C28H44N2O3S. The molecule has 6 heteroatoms. The number of hydrogen-bond acceptors (Lipinski definition) is 4. The molecule has 1 N–H and O–H groups in total. The van der Waals surface area contributed by atoms with Gasteiger partial charge in [0.1, 0.15) is 5.75 Å². The van der Waals surface area contributed by atoms with Crippen LogP contribution in [0.2, 0.25) is 0 Å². The molecule has 190 valence electrons. The number of hydrogen-bond donors (Lipinski definition) is 1. The van der Waals surface area contributed by atoms with Crippen LogP contribution in [0.3, 0.4) is 0 Å². The lowest BCUT2D eigenvalue weighted by Crippen LogP contribution is -2.33. The minimum absolute atomic E-state index is 0.0245. The van der Waals surface area contributed by atoms with Crippen molar-refractivity contribution in [3.05, 3.63) is 50.0 Å². The number of rotatable bonds is 15. The monoisotopic (exact) mass is 488 g/mol. The number of ether oxygens (including phenoxy) is 1. The summed E-state index contributed by atoms with van der Waals surface area (Å²) in [5.74, 6) is 0.717. The van der Waals surface area contributed by atoms with E-state index < -0.39 is 6.23 Å². The third-order valence-corrected chi connectivity index (χ3v) is 6.95. The molecule has 1 aromatic carbocycles. The lowest BCUT2D eigenvalue weighted by atomic mass is 10.1. The Kier molecular flexibility index (Phi) is 11.9. The van der Waals surface area contributed by atoms with Crippen LogP contribution in [0, 0.1) is 25.5 Å². The van der Waals surface area contributed by atoms with Gasteiger partial charge in [-0.3, -0.25) is 9.36 Å². The second kappa shape index (κ2) is 14.3. The van der Waals surface area contributed by atoms with Crippen LogP contribution in [-0.4, -0.2) is 14.2 Å². The molecule has 0 saturated carbocycles. The molecule has 2 rings (SSSR count). The fraction of sp³-hybridized carbons (Fsp3) is 0.643. The zero-order valence-corrected chi connectivity index (χ0v) is 22.7. The van der Waals surface area contributed by atoms with Gasteiger partial charge in [-0.2, -0.15) is 0 Å². The van der Waals surface area contributed by atoms with E-state index in [4.69, 9.17) is 17.0 Å². The van der Waals surface area contributed by atoms with Crippen LogP contribution in [0.5, 0.6) is 11.6 Å². The molecule has 0 spiro atoms. The number of aromatic nitrogens is 2. The molecule has 0 fully saturated rings. The second-order valence-corrected chi connectivity index (χ2v) is 9.85. The molecule has 0 bridgehead atoms. The number of benzene rings is 1. The molecule has 5 nitrogen and oxygen atoms in total. The molecule has 1 atom stereocenters. The predicted octanol–water partition coefficient (Wildman–Crippen LogP) is 7.92. The van der Waals surface area contributed by atoms with Gasteiger partial charge in [0, 0.05) is 13.0 Å². The van der Waals surface area contributed by atoms with E-state index in [1.165, 1.54) is 55.9 Å². The lowest BCUT2D eigenvalue weighted by Gasteiger charge is -2.24. The first-order valence-corrected chi connectivity index (χ1v) is 13.5. The summed E-state index contributed by atoms with van der Waals surface area (Å²) < 4.78 is 9.80. The third kappa shape index (κ3) is 7.72. The van der Waals surface area contributed by atoms with Gasteiger partial charge in [-0.1, -0.05) is 89.3 Å². The highest BCUT2D eigenvalue weighted by atomic mass is 32.1. The van der Waals surface area contributed by atoms with Crippen molar-refractivity contribution in [3.8, 4) is 11.6 Å². The Morgan fingerprint density at radius 1 is 0.941 bits per heavy atom. The van der Waals surface area contributed by atoms with Crippen molar-refractivity contribution in [3.63, 3.8) is 0 Å². The maximum atomic E-state index is 13.1. The highest BCUT2D eigenvalue weighted by Crippen LogP contribution is 2.26. The van der Waals surface area contributed by atoms with Gasteiger partial charge in [0.2, 0.25) is 5.88 Å². The van der Waals surface area contributed by atoms with E-state index in [0.717, 1.165) is 29.7 Å². The molecule has 0 radical (unpaired) electrons. The van der Waals surface area contributed by atoms with E-state index in [1.54, 1.807) is 11.5 Å². The summed E-state index contributed by atoms with van der Waals surface area (Å²) in [7, 11) is 0. The zero-order chi connectivity index (χ0) is 25.1. The van der Waals surface area contributed by atoms with Gasteiger partial charge in [0.05, 0.1) is 5.56 Å². The molecule has 0 aliphatic rings. The van der Waals surface area contributed by atoms with E-state index in [9.17, 15) is 9.90 Å². The lowest BCUT2D eigenvalue weighted by molar-refractivity contribution is 0.117. The summed E-state index contributed by atoms with van der Waals surface area (Å²) in [6.07, 6.45) is 12.5. The van der Waals surface area contributed by atoms with Crippen molar-refractivity contribution in [2.45, 2.75) is 118 Å². The molecule has 1 aromatic heterocycles. The molecule has 2 aromatic rings. The maximum absolute atomic E-state index is 13.1. The summed E-state index contributed by atoms with van der Waals surface area (Å²) in [5, 5.41) is 10.7. The van der Waals surface area contributed by atoms with Crippen molar-refractivity contribution in [2.24, 2.45) is 0 Å². The number of aryl methyl sites for hydroxylation is 2. The van der Waals surface area contributed by atoms with Gasteiger partial charge >= 0.3 is 0 Å². The fourth-order valence-electron chi connectivity index (χ4n) is 4.40. The largest absolute Gasteiger partial charge is 0.494 e. The van der Waals surface area contributed by atoms with E-state index in [0.29, 0.717) is 23.3 Å². The highest BCUT2D eigenvalue weighted by molar-refractivity contribution is 7.71. The Labute approximate surface area is 210 Å². The van der Waals surface area contributed by atoms with Gasteiger partial charge in [-0.05, 0) is 51.0 Å². The Balaban J connectivity index is 2.07. The Morgan fingerprint density at radius 3 is 2.09 bits per heavy atom. The maximum Gasteiger partial charge on any atom is 0.264 e. The SMILES string of the molecule is CCCCCCCCCCCCn1c(O)c(C)c(=O)n(C(CC)Oc2ccc(C)cc2C)c1=S. The minimum atomic E-state index is -0.528. The first kappa shape index (κ1) is 28.2. The molecule has 1 heterocycles. The Morgan fingerprint density at radius 2 is 1.53 bits per heavy atom. The molecule has 0 amide bonds. The van der Waals surface area contributed by atoms with E-state index in [2.05, 4.69) is 13.0 Å². The fourth-order valence-corrected chi connectivity index (χ4v) is 4.77. The van der Waals surface area contributed by atoms with Gasteiger partial charge in [-0.15, -0.1) is 0 Å². The first-order valence-electron chi connectivity index (χ1n) is 13.1. The summed E-state index contributed by atoms with van der Waals surface area (Å²) in [6, 6.07) is 6.00. The van der Waals surface area contributed by atoms with E-state index in [1.807, 2.05) is 32.9 Å². The number of nitrogens with zero attached hydrogens (tertiary/aromatic N) is 2. The van der Waals surface area contributed by atoms with E-state index in [-0.39, 0.29) is 11.4 Å². The van der Waals surface area contributed by atoms with Crippen molar-refractivity contribution in [2.75, 3.05) is 0 Å². The van der Waals surface area contributed by atoms with Crippen LogP contribution in [0.25, 0.3) is 0 Å². The quantitative estimate of drug-likeness (QED) is 0.204. The standard InChI is InChI=1S/C28H44N2O3S/c1-6-8-9-10-11-12-13-14-15-16-19-29-26(31)23(5)27(32)30(28(29)34)25(7-2)33-24-18-17-21(3)20-22(24)4/h17-18,20,25,31H,6-16,19H2,1-5H3. The van der Waals surface area contributed by atoms with Crippen molar-refractivity contribution in [1.29, 1.82) is 0 Å². The van der Waals surface area contributed by atoms with Crippen LogP contribution in [-0.2, 0) is 6.54 Å². The average molecular weight is 489 g/mol. The molecule has 1 unspecified atom stereocenters. The molecular weight excluding hydrogens is 444 g/mol. The minimum Gasteiger partial charge on any atom is -0.494 e. The van der Waals surface area contributed by atoms with Gasteiger partial charge in [0.25, 0.3) is 5.56 Å². The van der Waals surface area contributed by atoms with Crippen LogP contribution < -0.4 is 10.3 Å². The van der Waals surface area contributed by atoms with Crippen LogP contribution in [0.15, 0.2) is 23.0 Å². The summed E-state index contributed by atoms with van der Waals surface area (Å²) in [6.45, 7) is 10.5. The highest BCUT2D eigenvalue weighted by Gasteiger charge is 2.21. The molecule has 34 heavy (non-hydrogen) atoms. The van der Waals surface area contributed by atoms with Crippen molar-refractivity contribution in [1.82, 2.24) is 9.13 Å². The third-order valence-electron chi connectivity index (χ3n) is 6.53. The molecule has 0 aliphatic carbocycles. The summed E-state index contributed by atoms with van der Waals surface area (Å²) >= 11 is 5.69. The topological polar surface area (TPSA) is 56.4 Å². The smallest absolute Gasteiger partial charge is 0.264 e. The summed E-state index contributed by atoms with van der Waals surface area (Å²) in [4.78, 5) is 13.1. The Hall–Kier alpha value is -2.08. The number of aromatic hydroxyl groups is 1. The van der Waals surface area contributed by atoms with Gasteiger partial charge in [0.15, 0.2) is 11.0 Å². The van der Waals surface area contributed by atoms with Crippen LogP contribution >= 0.6 is 12.2 Å². The van der Waals surface area contributed by atoms with Crippen molar-refractivity contribution >= 4 is 12.2 Å². The average Bonchev–Trinajstić information content (AvgIpc) is 2.81. The number of unbranched alkanes of at least 4 members (excludes halogenated alkanes) is 9. The molecule has 0 aliphatic heterocycles. The normalized spacial score (nSPS) is 12.1. The zero-order valence-electron chi connectivity index (χ0n) is 21.9. The summed E-state index contributed by atoms with van der Waals surface area (Å²) in [5.41, 5.74) is 2.20. The van der Waals surface area contributed by atoms with Crippen LogP contribution in [0.4, 0.5) is 0 Å². The van der Waals surface area contributed by atoms with Gasteiger partial charge in [-0.25, -0.2) is 4.57 Å². The van der Waals surface area contributed by atoms with E-state index >= 15 is 0 Å². The first-order chi connectivity index (χ1) is 16.3. The van der Waals surface area contributed by atoms with Crippen LogP contribution in [0.1, 0.15) is 107 Å². The second-order valence-electron chi connectivity index (χ2n) is 9.49. The Bertz CT molecular complexity index is 1030.